The van der Waals surface area contributed by atoms with Gasteiger partial charge in [-0.25, -0.2) is 4.79 Å². The molecule has 3 saturated carbocycles. The summed E-state index contributed by atoms with van der Waals surface area (Å²) >= 11 is 0. The number of carbonyl (C=O) groups excluding carboxylic acids is 2. The van der Waals surface area contributed by atoms with Gasteiger partial charge in [0.05, 0.1) is 19.1 Å². The van der Waals surface area contributed by atoms with Crippen LogP contribution < -0.4 is 0 Å². The SMILES string of the molecule is CCO[C@H]1OC[C@@]2(C(=O)OC)CCC[C@]13[C@H]1C[C@@]4(OC)OC(=O)C=C4[C@H](C)[C@@H]1CC[C@@H]23. The van der Waals surface area contributed by atoms with Crippen molar-refractivity contribution in [2.24, 2.45) is 34.5 Å². The van der Waals surface area contributed by atoms with E-state index in [1.165, 1.54) is 7.11 Å². The molecule has 0 spiro atoms. The maximum atomic E-state index is 13.1. The van der Waals surface area contributed by atoms with E-state index >= 15 is 0 Å². The van der Waals surface area contributed by atoms with E-state index < -0.39 is 11.2 Å². The molecule has 31 heavy (non-hydrogen) atoms. The number of hydrogen-bond acceptors (Lipinski definition) is 7. The van der Waals surface area contributed by atoms with Gasteiger partial charge in [-0.3, -0.25) is 4.79 Å². The molecule has 4 fully saturated rings. The van der Waals surface area contributed by atoms with E-state index in [0.29, 0.717) is 25.6 Å². The Labute approximate surface area is 183 Å². The van der Waals surface area contributed by atoms with Crippen LogP contribution in [0, 0.1) is 34.5 Å². The number of carbonyl (C=O) groups is 2. The Morgan fingerprint density at radius 2 is 2.06 bits per heavy atom. The predicted octanol–water partition coefficient (Wildman–Crippen LogP) is 3.22. The van der Waals surface area contributed by atoms with Crippen molar-refractivity contribution in [3.63, 3.8) is 0 Å². The Hall–Kier alpha value is -1.44. The Morgan fingerprint density at radius 1 is 1.26 bits per heavy atom. The minimum absolute atomic E-state index is 0.122. The molecule has 0 aromatic heterocycles. The molecule has 0 radical (unpaired) electrons. The molecule has 2 heterocycles. The van der Waals surface area contributed by atoms with Crippen molar-refractivity contribution in [2.75, 3.05) is 27.4 Å². The van der Waals surface area contributed by atoms with E-state index in [2.05, 4.69) is 6.92 Å². The maximum absolute atomic E-state index is 13.1. The van der Waals surface area contributed by atoms with E-state index in [9.17, 15) is 9.59 Å². The van der Waals surface area contributed by atoms with Gasteiger partial charge >= 0.3 is 11.9 Å². The molecule has 0 N–H and O–H groups in total. The van der Waals surface area contributed by atoms with Crippen molar-refractivity contribution in [1.82, 2.24) is 0 Å². The minimum atomic E-state index is -1.02. The zero-order valence-electron chi connectivity index (χ0n) is 19.0. The molecular formula is C24H34O7. The maximum Gasteiger partial charge on any atom is 0.333 e. The third-order valence-corrected chi connectivity index (χ3v) is 9.32. The van der Waals surface area contributed by atoms with Crippen LogP contribution in [0.2, 0.25) is 0 Å². The largest absolute Gasteiger partial charge is 0.469 e. The standard InChI is InChI=1S/C24H34O7/c1-5-29-21-23-10-6-9-22(13-30-21,20(26)27-3)18(23)8-7-15-14(2)16-11-19(25)31-24(16,28-4)12-17(15)23/h11,14-15,17-18,21H,5-10,12-13H2,1-4H3/t14-,15+,17+,18+,21+,22+,23-,24-/m1/s1. The molecule has 2 bridgehead atoms. The fourth-order valence-electron chi connectivity index (χ4n) is 8.22. The zero-order chi connectivity index (χ0) is 22.0. The predicted molar refractivity (Wildman–Crippen MR) is 109 cm³/mol. The van der Waals surface area contributed by atoms with E-state index in [1.54, 1.807) is 13.2 Å². The highest BCUT2D eigenvalue weighted by Gasteiger charge is 2.72. The van der Waals surface area contributed by atoms with Crippen molar-refractivity contribution < 1.29 is 33.3 Å². The first-order chi connectivity index (χ1) is 14.9. The Morgan fingerprint density at radius 3 is 2.77 bits per heavy atom. The third kappa shape index (κ3) is 2.63. The molecule has 2 aliphatic heterocycles. The molecule has 0 aromatic rings. The molecule has 5 rings (SSSR count). The molecule has 0 aromatic carbocycles. The zero-order valence-corrected chi connectivity index (χ0v) is 19.0. The summed E-state index contributed by atoms with van der Waals surface area (Å²) in [4.78, 5) is 25.4. The lowest BCUT2D eigenvalue weighted by Gasteiger charge is -2.67. The van der Waals surface area contributed by atoms with Gasteiger partial charge in [0.1, 0.15) is 0 Å². The first-order valence-electron chi connectivity index (χ1n) is 11.7. The van der Waals surface area contributed by atoms with Crippen LogP contribution in [0.4, 0.5) is 0 Å². The second-order valence-electron chi connectivity index (χ2n) is 10.1. The van der Waals surface area contributed by atoms with Gasteiger partial charge in [-0.15, -0.1) is 0 Å². The third-order valence-electron chi connectivity index (χ3n) is 9.32. The molecule has 5 aliphatic rings. The highest BCUT2D eigenvalue weighted by Crippen LogP contribution is 2.70. The highest BCUT2D eigenvalue weighted by molar-refractivity contribution is 5.86. The van der Waals surface area contributed by atoms with Gasteiger partial charge in [-0.05, 0) is 56.3 Å². The molecule has 7 nitrogen and oxygen atoms in total. The first-order valence-corrected chi connectivity index (χ1v) is 11.7. The molecule has 7 heteroatoms. The summed E-state index contributed by atoms with van der Waals surface area (Å²) in [6.45, 7) is 5.07. The van der Waals surface area contributed by atoms with Crippen LogP contribution in [0.3, 0.4) is 0 Å². The summed E-state index contributed by atoms with van der Waals surface area (Å²) < 4.78 is 29.6. The van der Waals surface area contributed by atoms with Gasteiger partial charge < -0.3 is 23.7 Å². The summed E-state index contributed by atoms with van der Waals surface area (Å²) in [5, 5.41) is 0. The Kier molecular flexibility index (Phi) is 5.03. The quantitative estimate of drug-likeness (QED) is 0.629. The smallest absolute Gasteiger partial charge is 0.333 e. The minimum Gasteiger partial charge on any atom is -0.469 e. The van der Waals surface area contributed by atoms with Crippen molar-refractivity contribution in [1.29, 1.82) is 0 Å². The number of methoxy groups -OCH3 is 2. The normalized spacial score (nSPS) is 48.1. The Bertz CT molecular complexity index is 808. The number of esters is 2. The number of rotatable bonds is 4. The van der Waals surface area contributed by atoms with Crippen LogP contribution in [0.25, 0.3) is 0 Å². The van der Waals surface area contributed by atoms with Crippen molar-refractivity contribution in [2.45, 2.75) is 64.4 Å². The van der Waals surface area contributed by atoms with Crippen LogP contribution in [0.15, 0.2) is 11.6 Å². The lowest BCUT2D eigenvalue weighted by Crippen LogP contribution is -2.70. The summed E-state index contributed by atoms with van der Waals surface area (Å²) in [5.41, 5.74) is -0.00243. The summed E-state index contributed by atoms with van der Waals surface area (Å²) in [6, 6.07) is 0. The fourth-order valence-corrected chi connectivity index (χ4v) is 8.22. The van der Waals surface area contributed by atoms with Crippen LogP contribution in [-0.2, 0) is 33.3 Å². The summed E-state index contributed by atoms with van der Waals surface area (Å²) in [5.74, 6) is -0.716. The molecule has 1 saturated heterocycles. The van der Waals surface area contributed by atoms with Gasteiger partial charge in [0.15, 0.2) is 6.29 Å². The second-order valence-corrected chi connectivity index (χ2v) is 10.1. The fraction of sp³-hybridized carbons (Fsp3) is 0.833. The average Bonchev–Trinajstić information content (AvgIpc) is 3.12. The Balaban J connectivity index is 1.63. The highest BCUT2D eigenvalue weighted by atomic mass is 16.7. The van der Waals surface area contributed by atoms with Gasteiger partial charge in [-0.2, -0.15) is 0 Å². The molecule has 172 valence electrons. The summed E-state index contributed by atoms with van der Waals surface area (Å²) in [7, 11) is 3.10. The number of ether oxygens (including phenoxy) is 5. The molecule has 0 amide bonds. The van der Waals surface area contributed by atoms with E-state index in [1.807, 2.05) is 6.92 Å². The van der Waals surface area contributed by atoms with Gasteiger partial charge in [0, 0.05) is 37.2 Å². The van der Waals surface area contributed by atoms with Crippen LogP contribution in [0.5, 0.6) is 0 Å². The molecule has 3 aliphatic carbocycles. The van der Waals surface area contributed by atoms with Gasteiger partial charge in [0.25, 0.3) is 0 Å². The topological polar surface area (TPSA) is 80.3 Å². The second kappa shape index (κ2) is 7.29. The van der Waals surface area contributed by atoms with Crippen LogP contribution >= 0.6 is 0 Å². The number of hydrogen-bond donors (Lipinski definition) is 0. The average molecular weight is 435 g/mol. The first kappa shape index (κ1) is 21.4. The molecular weight excluding hydrogens is 400 g/mol. The van der Waals surface area contributed by atoms with Crippen LogP contribution in [-0.4, -0.2) is 51.4 Å². The van der Waals surface area contributed by atoms with E-state index in [4.69, 9.17) is 23.7 Å². The lowest BCUT2D eigenvalue weighted by molar-refractivity contribution is -0.342. The lowest BCUT2D eigenvalue weighted by atomic mass is 9.40. The summed E-state index contributed by atoms with van der Waals surface area (Å²) in [6.07, 6.45) is 6.42. The molecule has 8 atom stereocenters. The molecule has 0 unspecified atom stereocenters. The number of fused-ring (bicyclic) bond motifs is 2. The van der Waals surface area contributed by atoms with E-state index in [0.717, 1.165) is 37.7 Å². The van der Waals surface area contributed by atoms with Crippen molar-refractivity contribution >= 4 is 11.9 Å². The van der Waals surface area contributed by atoms with Crippen molar-refractivity contribution in [3.8, 4) is 0 Å². The van der Waals surface area contributed by atoms with Crippen LogP contribution in [0.1, 0.15) is 52.4 Å². The van der Waals surface area contributed by atoms with E-state index in [-0.39, 0.29) is 41.4 Å². The van der Waals surface area contributed by atoms with Gasteiger partial charge in [0.2, 0.25) is 5.79 Å². The van der Waals surface area contributed by atoms with Gasteiger partial charge in [-0.1, -0.05) is 13.3 Å². The van der Waals surface area contributed by atoms with Crippen molar-refractivity contribution in [3.05, 3.63) is 11.6 Å². The monoisotopic (exact) mass is 434 g/mol.